The highest BCUT2D eigenvalue weighted by Gasteiger charge is 2.24. The number of benzene rings is 1. The molecule has 7 heteroatoms. The molecule has 0 atom stereocenters. The van der Waals surface area contributed by atoms with Crippen molar-refractivity contribution in [1.29, 1.82) is 0 Å². The van der Waals surface area contributed by atoms with Crippen LogP contribution < -0.4 is 4.74 Å². The summed E-state index contributed by atoms with van der Waals surface area (Å²) < 4.78 is 43.8. The molecule has 28 heavy (non-hydrogen) atoms. The number of allylic oxidation sites excluding steroid dienone is 1. The maximum Gasteiger partial charge on any atom is 0.387 e. The third-order valence-corrected chi connectivity index (χ3v) is 5.56. The van der Waals surface area contributed by atoms with Crippen molar-refractivity contribution in [3.05, 3.63) is 53.6 Å². The van der Waals surface area contributed by atoms with Crippen molar-refractivity contribution in [2.75, 3.05) is 0 Å². The van der Waals surface area contributed by atoms with Crippen LogP contribution in [0, 0.1) is 11.7 Å². The smallest absolute Gasteiger partial charge is 0.387 e. The molecule has 0 amide bonds. The summed E-state index contributed by atoms with van der Waals surface area (Å²) in [7, 11) is 0. The van der Waals surface area contributed by atoms with Crippen LogP contribution in [0.25, 0.3) is 11.4 Å². The molecule has 1 aliphatic carbocycles. The van der Waals surface area contributed by atoms with Gasteiger partial charge in [-0.15, -0.1) is 6.58 Å². The number of alkyl halides is 2. The highest BCUT2D eigenvalue weighted by atomic mass is 35.5. The zero-order valence-electron chi connectivity index (χ0n) is 15.4. The van der Waals surface area contributed by atoms with Crippen molar-refractivity contribution < 1.29 is 17.9 Å². The maximum absolute atomic E-state index is 14.2. The molecule has 1 aromatic carbocycles. The quantitative estimate of drug-likeness (QED) is 0.472. The van der Waals surface area contributed by atoms with E-state index in [9.17, 15) is 13.2 Å². The summed E-state index contributed by atoms with van der Waals surface area (Å²) in [6, 6.07) is 2.65. The van der Waals surface area contributed by atoms with Crippen LogP contribution in [0.2, 0.25) is 5.02 Å². The second kappa shape index (κ2) is 9.41. The van der Waals surface area contributed by atoms with E-state index in [0.29, 0.717) is 5.92 Å². The van der Waals surface area contributed by atoms with Crippen LogP contribution in [-0.4, -0.2) is 16.6 Å². The van der Waals surface area contributed by atoms with Gasteiger partial charge in [0.1, 0.15) is 0 Å². The molecule has 1 fully saturated rings. The zero-order chi connectivity index (χ0) is 20.1. The van der Waals surface area contributed by atoms with Crippen LogP contribution in [-0.2, 0) is 0 Å². The Morgan fingerprint density at radius 1 is 1.18 bits per heavy atom. The second-order valence-corrected chi connectivity index (χ2v) is 7.45. The van der Waals surface area contributed by atoms with E-state index in [1.165, 1.54) is 18.6 Å². The van der Waals surface area contributed by atoms with E-state index in [0.717, 1.165) is 43.6 Å². The van der Waals surface area contributed by atoms with Crippen molar-refractivity contribution in [3.8, 4) is 17.1 Å². The normalized spacial score (nSPS) is 19.6. The van der Waals surface area contributed by atoms with Gasteiger partial charge in [-0.2, -0.15) is 8.78 Å². The molecule has 0 aliphatic heterocycles. The molecule has 0 bridgehead atoms. The molecule has 0 N–H and O–H groups in total. The van der Waals surface area contributed by atoms with E-state index >= 15 is 0 Å². The minimum Gasteiger partial charge on any atom is -0.431 e. The van der Waals surface area contributed by atoms with Crippen LogP contribution in [0.4, 0.5) is 13.2 Å². The lowest BCUT2D eigenvalue weighted by Crippen LogP contribution is -2.13. The standard InChI is InChI=1S/C21H22ClF3N2O/c1-2-3-4-13-5-7-14(8-6-13)15-11-26-20(27-12-15)16-9-10-17(22)18(23)19(16)28-21(24)25/h2,9-14,21H,1,3-8H2. The van der Waals surface area contributed by atoms with Crippen molar-refractivity contribution in [1.82, 2.24) is 9.97 Å². The van der Waals surface area contributed by atoms with E-state index in [1.54, 1.807) is 12.4 Å². The van der Waals surface area contributed by atoms with Gasteiger partial charge in [0, 0.05) is 12.4 Å². The summed E-state index contributed by atoms with van der Waals surface area (Å²) in [5.74, 6) is -0.453. The Kier molecular flexibility index (Phi) is 6.94. The van der Waals surface area contributed by atoms with Gasteiger partial charge in [0.15, 0.2) is 17.4 Å². The average molecular weight is 411 g/mol. The Morgan fingerprint density at radius 2 is 1.86 bits per heavy atom. The van der Waals surface area contributed by atoms with Crippen LogP contribution in [0.1, 0.15) is 50.0 Å². The van der Waals surface area contributed by atoms with Gasteiger partial charge in [0.2, 0.25) is 0 Å². The molecule has 1 saturated carbocycles. The molecule has 3 rings (SSSR count). The van der Waals surface area contributed by atoms with Crippen molar-refractivity contribution in [2.24, 2.45) is 5.92 Å². The van der Waals surface area contributed by atoms with Gasteiger partial charge < -0.3 is 4.74 Å². The number of nitrogens with zero attached hydrogens (tertiary/aromatic N) is 2. The second-order valence-electron chi connectivity index (χ2n) is 7.04. The van der Waals surface area contributed by atoms with E-state index in [-0.39, 0.29) is 16.4 Å². The van der Waals surface area contributed by atoms with Crippen molar-refractivity contribution in [3.63, 3.8) is 0 Å². The molecule has 1 aliphatic rings. The molecule has 150 valence electrons. The minimum absolute atomic E-state index is 0.0434. The maximum atomic E-state index is 14.2. The number of ether oxygens (including phenoxy) is 1. The van der Waals surface area contributed by atoms with E-state index in [4.69, 9.17) is 11.6 Å². The summed E-state index contributed by atoms with van der Waals surface area (Å²) in [5, 5.41) is -0.302. The van der Waals surface area contributed by atoms with Gasteiger partial charge in [-0.3, -0.25) is 0 Å². The van der Waals surface area contributed by atoms with Gasteiger partial charge in [-0.1, -0.05) is 17.7 Å². The average Bonchev–Trinajstić information content (AvgIpc) is 2.70. The molecule has 1 heterocycles. The minimum atomic E-state index is -3.18. The summed E-state index contributed by atoms with van der Waals surface area (Å²) in [5.41, 5.74) is 1.05. The molecule has 0 radical (unpaired) electrons. The Labute approximate surface area is 167 Å². The Balaban J connectivity index is 1.75. The fraction of sp³-hybridized carbons (Fsp3) is 0.429. The van der Waals surface area contributed by atoms with Crippen LogP contribution in [0.5, 0.6) is 5.75 Å². The molecule has 2 aromatic rings. The third-order valence-electron chi connectivity index (χ3n) is 5.27. The molecular formula is C21H22ClF3N2O. The number of halogens is 4. The lowest BCUT2D eigenvalue weighted by molar-refractivity contribution is -0.0517. The lowest BCUT2D eigenvalue weighted by atomic mass is 9.78. The molecule has 0 spiro atoms. The summed E-state index contributed by atoms with van der Waals surface area (Å²) >= 11 is 5.68. The Bertz CT molecular complexity index is 806. The zero-order valence-corrected chi connectivity index (χ0v) is 16.1. The van der Waals surface area contributed by atoms with Crippen molar-refractivity contribution >= 4 is 11.6 Å². The molecule has 0 saturated heterocycles. The Hall–Kier alpha value is -2.08. The number of aromatic nitrogens is 2. The highest BCUT2D eigenvalue weighted by Crippen LogP contribution is 2.38. The molecular weight excluding hydrogens is 389 g/mol. The first-order chi connectivity index (χ1) is 13.5. The Morgan fingerprint density at radius 3 is 2.46 bits per heavy atom. The first-order valence-electron chi connectivity index (χ1n) is 9.35. The summed E-state index contributed by atoms with van der Waals surface area (Å²) in [6.45, 7) is 0.597. The van der Waals surface area contributed by atoms with Crippen LogP contribution in [0.15, 0.2) is 37.2 Å². The topological polar surface area (TPSA) is 35.0 Å². The van der Waals surface area contributed by atoms with E-state index in [1.807, 2.05) is 6.08 Å². The summed E-state index contributed by atoms with van der Waals surface area (Å²) in [6.07, 6.45) is 12.0. The largest absolute Gasteiger partial charge is 0.431 e. The monoisotopic (exact) mass is 410 g/mol. The van der Waals surface area contributed by atoms with E-state index < -0.39 is 18.2 Å². The fourth-order valence-electron chi connectivity index (χ4n) is 3.74. The van der Waals surface area contributed by atoms with Crippen LogP contribution in [0.3, 0.4) is 0 Å². The highest BCUT2D eigenvalue weighted by molar-refractivity contribution is 6.31. The number of hydrogen-bond acceptors (Lipinski definition) is 3. The van der Waals surface area contributed by atoms with Crippen molar-refractivity contribution in [2.45, 2.75) is 51.1 Å². The van der Waals surface area contributed by atoms with Crippen LogP contribution >= 0.6 is 11.6 Å². The predicted molar refractivity (Wildman–Crippen MR) is 103 cm³/mol. The predicted octanol–water partition coefficient (Wildman–Crippen LogP) is 6.78. The van der Waals surface area contributed by atoms with Gasteiger partial charge >= 0.3 is 6.61 Å². The van der Waals surface area contributed by atoms with Gasteiger partial charge in [-0.25, -0.2) is 14.4 Å². The fourth-order valence-corrected chi connectivity index (χ4v) is 3.89. The third kappa shape index (κ3) is 4.85. The van der Waals surface area contributed by atoms with Gasteiger partial charge in [0.25, 0.3) is 0 Å². The first-order valence-corrected chi connectivity index (χ1v) is 9.73. The molecule has 0 unspecified atom stereocenters. The van der Waals surface area contributed by atoms with Gasteiger partial charge in [0.05, 0.1) is 10.6 Å². The van der Waals surface area contributed by atoms with Gasteiger partial charge in [-0.05, 0) is 68.1 Å². The lowest BCUT2D eigenvalue weighted by Gasteiger charge is -2.28. The number of hydrogen-bond donors (Lipinski definition) is 0. The summed E-state index contributed by atoms with van der Waals surface area (Å²) in [4.78, 5) is 8.54. The SMILES string of the molecule is C=CCCC1CCC(c2cnc(-c3ccc(Cl)c(F)c3OC(F)F)nc2)CC1. The molecule has 1 aromatic heterocycles. The molecule has 3 nitrogen and oxygen atoms in total. The van der Waals surface area contributed by atoms with E-state index in [2.05, 4.69) is 21.3 Å². The number of rotatable bonds is 7. The first kappa shape index (κ1) is 20.6.